The average molecular weight is 425 g/mol. The number of esters is 1. The number of carbonyl (C=O) groups is 3. The summed E-state index contributed by atoms with van der Waals surface area (Å²) in [6.07, 6.45) is 1.16. The number of hydrogen-bond acceptors (Lipinski definition) is 6. The first-order valence-electron chi connectivity index (χ1n) is 9.78. The fourth-order valence-corrected chi connectivity index (χ4v) is 3.66. The third-order valence-corrected chi connectivity index (χ3v) is 5.37. The Morgan fingerprint density at radius 1 is 1.10 bits per heavy atom. The molecule has 0 aromatic heterocycles. The van der Waals surface area contributed by atoms with E-state index in [2.05, 4.69) is 5.32 Å². The number of ether oxygens (including phenoxy) is 1. The Labute approximate surface area is 179 Å². The maximum atomic E-state index is 13.0. The Morgan fingerprint density at radius 2 is 1.81 bits per heavy atom. The van der Waals surface area contributed by atoms with Crippen LogP contribution >= 0.6 is 0 Å². The number of amides is 2. The number of nitrogens with one attached hydrogen (secondary N) is 1. The predicted molar refractivity (Wildman–Crippen MR) is 113 cm³/mol. The molecule has 2 aromatic rings. The van der Waals surface area contributed by atoms with Crippen LogP contribution in [0.1, 0.15) is 44.7 Å². The molecular formula is C22H23N3O6. The Hall–Kier alpha value is -3.75. The van der Waals surface area contributed by atoms with E-state index in [1.54, 1.807) is 32.0 Å². The van der Waals surface area contributed by atoms with Crippen LogP contribution in [0, 0.1) is 24.0 Å². The maximum absolute atomic E-state index is 13.0. The van der Waals surface area contributed by atoms with Crippen molar-refractivity contribution in [2.75, 3.05) is 19.0 Å². The summed E-state index contributed by atoms with van der Waals surface area (Å²) in [6, 6.07) is 8.36. The molecule has 0 spiro atoms. The lowest BCUT2D eigenvalue weighted by Gasteiger charge is -2.24. The zero-order valence-electron chi connectivity index (χ0n) is 17.5. The van der Waals surface area contributed by atoms with Gasteiger partial charge in [-0.25, -0.2) is 4.79 Å². The fraction of sp³-hybridized carbons (Fsp3) is 0.318. The topological polar surface area (TPSA) is 119 Å². The molecular weight excluding hydrogens is 402 g/mol. The molecule has 2 aromatic carbocycles. The monoisotopic (exact) mass is 425 g/mol. The van der Waals surface area contributed by atoms with E-state index in [9.17, 15) is 24.5 Å². The van der Waals surface area contributed by atoms with Crippen LogP contribution in [0.4, 0.5) is 11.4 Å². The molecule has 1 N–H and O–H groups in total. The van der Waals surface area contributed by atoms with E-state index in [4.69, 9.17) is 4.74 Å². The van der Waals surface area contributed by atoms with Gasteiger partial charge in [-0.15, -0.1) is 0 Å². The van der Waals surface area contributed by atoms with Crippen LogP contribution in [0.2, 0.25) is 0 Å². The zero-order chi connectivity index (χ0) is 22.7. The highest BCUT2D eigenvalue weighted by atomic mass is 16.6. The van der Waals surface area contributed by atoms with E-state index in [1.807, 2.05) is 0 Å². The molecule has 3 rings (SSSR count). The van der Waals surface area contributed by atoms with E-state index in [-0.39, 0.29) is 17.5 Å². The first-order valence-corrected chi connectivity index (χ1v) is 9.78. The summed E-state index contributed by atoms with van der Waals surface area (Å²) in [6.45, 7) is 3.78. The summed E-state index contributed by atoms with van der Waals surface area (Å²) < 4.78 is 4.72. The van der Waals surface area contributed by atoms with E-state index in [0.29, 0.717) is 41.8 Å². The van der Waals surface area contributed by atoms with Crippen molar-refractivity contribution < 1.29 is 24.0 Å². The van der Waals surface area contributed by atoms with Crippen molar-refractivity contribution in [1.29, 1.82) is 0 Å². The minimum absolute atomic E-state index is 0.0618. The van der Waals surface area contributed by atoms with E-state index < -0.39 is 16.9 Å². The summed E-state index contributed by atoms with van der Waals surface area (Å²) in [5.41, 5.74) is 2.16. The van der Waals surface area contributed by atoms with E-state index in [0.717, 1.165) is 5.56 Å². The van der Waals surface area contributed by atoms with Crippen molar-refractivity contribution in [2.45, 2.75) is 32.7 Å². The van der Waals surface area contributed by atoms with Crippen LogP contribution in [-0.2, 0) is 9.53 Å². The molecule has 9 nitrogen and oxygen atoms in total. The lowest BCUT2D eigenvalue weighted by atomic mass is 10.1. The molecule has 0 aliphatic carbocycles. The van der Waals surface area contributed by atoms with Crippen LogP contribution in [0.5, 0.6) is 0 Å². The van der Waals surface area contributed by atoms with Crippen LogP contribution < -0.4 is 5.32 Å². The molecule has 162 valence electrons. The third kappa shape index (κ3) is 4.55. The second-order valence-corrected chi connectivity index (χ2v) is 7.43. The minimum atomic E-state index is -0.677. The van der Waals surface area contributed by atoms with Gasteiger partial charge < -0.3 is 15.0 Å². The van der Waals surface area contributed by atoms with Crippen LogP contribution in [0.15, 0.2) is 36.4 Å². The fourth-order valence-electron chi connectivity index (χ4n) is 3.66. The maximum Gasteiger partial charge on any atom is 0.337 e. The van der Waals surface area contributed by atoms with Gasteiger partial charge in [0.05, 0.1) is 17.6 Å². The number of aryl methyl sites for hydroxylation is 2. The molecule has 1 aliphatic heterocycles. The summed E-state index contributed by atoms with van der Waals surface area (Å²) in [5, 5.41) is 13.8. The molecule has 2 amide bonds. The normalized spacial score (nSPS) is 15.5. The number of carbonyl (C=O) groups excluding carboxylic acids is 3. The Morgan fingerprint density at radius 3 is 2.45 bits per heavy atom. The zero-order valence-corrected chi connectivity index (χ0v) is 17.5. The molecule has 0 bridgehead atoms. The SMILES string of the molecule is COC(=O)c1ccc(C)c(NC(=O)C2CCCN2C(=O)c2ccc([N+](=O)[O-])c(C)c2)c1. The summed E-state index contributed by atoms with van der Waals surface area (Å²) >= 11 is 0. The van der Waals surface area contributed by atoms with Gasteiger partial charge in [-0.1, -0.05) is 6.07 Å². The van der Waals surface area contributed by atoms with Crippen molar-refractivity contribution in [2.24, 2.45) is 0 Å². The third-order valence-electron chi connectivity index (χ3n) is 5.37. The molecule has 9 heteroatoms. The summed E-state index contributed by atoms with van der Waals surface area (Å²) in [5.74, 6) is -1.22. The standard InChI is InChI=1S/C22H23N3O6/c1-13-6-7-16(22(28)31-3)12-17(13)23-20(26)19-5-4-10-24(19)21(27)15-8-9-18(25(29)30)14(2)11-15/h6-9,11-12,19H,4-5,10H2,1-3H3,(H,23,26). The van der Waals surface area contributed by atoms with Gasteiger partial charge in [0.2, 0.25) is 5.91 Å². The molecule has 0 radical (unpaired) electrons. The Balaban J connectivity index is 1.79. The van der Waals surface area contributed by atoms with Crippen molar-refractivity contribution in [3.8, 4) is 0 Å². The highest BCUT2D eigenvalue weighted by Crippen LogP contribution is 2.25. The van der Waals surface area contributed by atoms with Gasteiger partial charge in [-0.3, -0.25) is 19.7 Å². The van der Waals surface area contributed by atoms with Gasteiger partial charge in [-0.05, 0) is 56.5 Å². The number of hydrogen-bond donors (Lipinski definition) is 1. The number of likely N-dealkylation sites (tertiary alicyclic amines) is 1. The number of nitro benzene ring substituents is 1. The van der Waals surface area contributed by atoms with E-state index in [1.165, 1.54) is 30.2 Å². The highest BCUT2D eigenvalue weighted by molar-refractivity contribution is 6.02. The molecule has 1 heterocycles. The molecule has 1 fully saturated rings. The smallest absolute Gasteiger partial charge is 0.337 e. The van der Waals surface area contributed by atoms with Gasteiger partial charge in [0, 0.05) is 29.4 Å². The molecule has 1 saturated heterocycles. The largest absolute Gasteiger partial charge is 0.465 e. The van der Waals surface area contributed by atoms with Gasteiger partial charge in [0.15, 0.2) is 0 Å². The number of benzene rings is 2. The molecule has 1 atom stereocenters. The lowest BCUT2D eigenvalue weighted by Crippen LogP contribution is -2.43. The first kappa shape index (κ1) is 21.9. The van der Waals surface area contributed by atoms with Gasteiger partial charge in [0.25, 0.3) is 11.6 Å². The second kappa shape index (κ2) is 8.95. The number of anilines is 1. The number of nitrogens with zero attached hydrogens (tertiary/aromatic N) is 2. The van der Waals surface area contributed by atoms with Crippen LogP contribution in [-0.4, -0.2) is 47.3 Å². The molecule has 0 saturated carbocycles. The summed E-state index contributed by atoms with van der Waals surface area (Å²) in [4.78, 5) is 49.8. The quantitative estimate of drug-likeness (QED) is 0.446. The van der Waals surface area contributed by atoms with Crippen molar-refractivity contribution >= 4 is 29.2 Å². The second-order valence-electron chi connectivity index (χ2n) is 7.43. The average Bonchev–Trinajstić information content (AvgIpc) is 3.23. The Bertz CT molecular complexity index is 1070. The lowest BCUT2D eigenvalue weighted by molar-refractivity contribution is -0.385. The van der Waals surface area contributed by atoms with Crippen LogP contribution in [0.3, 0.4) is 0 Å². The molecule has 1 unspecified atom stereocenters. The van der Waals surface area contributed by atoms with Crippen molar-refractivity contribution in [3.63, 3.8) is 0 Å². The van der Waals surface area contributed by atoms with Crippen molar-refractivity contribution in [3.05, 3.63) is 68.8 Å². The van der Waals surface area contributed by atoms with Gasteiger partial charge in [0.1, 0.15) is 6.04 Å². The highest BCUT2D eigenvalue weighted by Gasteiger charge is 2.35. The summed E-state index contributed by atoms with van der Waals surface area (Å²) in [7, 11) is 1.28. The molecule has 31 heavy (non-hydrogen) atoms. The molecule has 1 aliphatic rings. The van der Waals surface area contributed by atoms with Crippen LogP contribution in [0.25, 0.3) is 0 Å². The first-order chi connectivity index (χ1) is 14.7. The van der Waals surface area contributed by atoms with Gasteiger partial charge >= 0.3 is 5.97 Å². The van der Waals surface area contributed by atoms with Crippen molar-refractivity contribution in [1.82, 2.24) is 4.90 Å². The predicted octanol–water partition coefficient (Wildman–Crippen LogP) is 3.24. The number of rotatable bonds is 5. The van der Waals surface area contributed by atoms with Gasteiger partial charge in [-0.2, -0.15) is 0 Å². The van der Waals surface area contributed by atoms with E-state index >= 15 is 0 Å². The Kier molecular flexibility index (Phi) is 6.33. The number of methoxy groups -OCH3 is 1. The minimum Gasteiger partial charge on any atom is -0.465 e. The number of nitro groups is 1.